The Balaban J connectivity index is 0.000000238. The smallest absolute Gasteiger partial charge is 0.317 e. The number of nitrogens with zero attached hydrogens (tertiary/aromatic N) is 5. The number of rotatable bonds is 9. The van der Waals surface area contributed by atoms with Gasteiger partial charge in [-0.3, -0.25) is 4.90 Å². The van der Waals surface area contributed by atoms with Crippen LogP contribution in [0.3, 0.4) is 0 Å². The Labute approximate surface area is 233 Å². The average Bonchev–Trinajstić information content (AvgIpc) is 3.82. The standard InChI is InChI=1S/C13H16F3N3.C9H6BrF3N2.C4H11N/c1-3-19(4-2)9-10-5-7-11(8-6-10)12(17-18-12)13(14,15)16;10-5-6-1-3-7(4-2-6)8(14-15-8)9(11,12)13;1-3-5-4-2/h5-8H,3-4,9H2,1-2H3;1-4H,5H2;5H,3-4H2,1-2H3. The summed E-state index contributed by atoms with van der Waals surface area (Å²) in [6, 6.07) is 12.4. The fraction of sp³-hybridized carbons (Fsp3) is 0.538. The maximum absolute atomic E-state index is 12.8. The number of hydrogen-bond acceptors (Lipinski definition) is 6. The third kappa shape index (κ3) is 8.31. The van der Waals surface area contributed by atoms with Crippen LogP contribution in [0.15, 0.2) is 69.0 Å². The maximum Gasteiger partial charge on any atom is 0.442 e. The molecular weight excluding hydrogens is 590 g/mol. The molecule has 2 heterocycles. The van der Waals surface area contributed by atoms with Crippen molar-refractivity contribution in [1.29, 1.82) is 0 Å². The lowest BCUT2D eigenvalue weighted by Gasteiger charge is -2.19. The van der Waals surface area contributed by atoms with Crippen LogP contribution in [0.4, 0.5) is 26.3 Å². The predicted molar refractivity (Wildman–Crippen MR) is 142 cm³/mol. The molecular formula is C26H33BrF6N6. The van der Waals surface area contributed by atoms with Gasteiger partial charge in [0.25, 0.3) is 0 Å². The van der Waals surface area contributed by atoms with Gasteiger partial charge in [-0.2, -0.15) is 26.3 Å². The summed E-state index contributed by atoms with van der Waals surface area (Å²) in [4.78, 5) is 2.19. The van der Waals surface area contributed by atoms with Crippen molar-refractivity contribution in [2.45, 2.75) is 63.2 Å². The van der Waals surface area contributed by atoms with E-state index in [1.54, 1.807) is 24.3 Å². The van der Waals surface area contributed by atoms with Crippen molar-refractivity contribution in [3.63, 3.8) is 0 Å². The topological polar surface area (TPSA) is 64.7 Å². The van der Waals surface area contributed by atoms with Gasteiger partial charge < -0.3 is 5.32 Å². The van der Waals surface area contributed by atoms with E-state index in [0.29, 0.717) is 5.33 Å². The molecule has 0 amide bonds. The largest absolute Gasteiger partial charge is 0.442 e. The molecule has 2 aliphatic rings. The van der Waals surface area contributed by atoms with Crippen LogP contribution in [0.1, 0.15) is 49.9 Å². The average molecular weight is 623 g/mol. The quantitative estimate of drug-likeness (QED) is 0.227. The minimum Gasteiger partial charge on any atom is -0.317 e. The second-order valence-corrected chi connectivity index (χ2v) is 9.25. The summed E-state index contributed by atoms with van der Waals surface area (Å²) in [5.41, 5.74) is -2.54. The van der Waals surface area contributed by atoms with Crippen LogP contribution in [0, 0.1) is 0 Å². The van der Waals surface area contributed by atoms with Crippen LogP contribution in [-0.4, -0.2) is 43.4 Å². The van der Waals surface area contributed by atoms with Gasteiger partial charge in [0.2, 0.25) is 0 Å². The highest BCUT2D eigenvalue weighted by molar-refractivity contribution is 9.08. The van der Waals surface area contributed by atoms with E-state index in [-0.39, 0.29) is 11.1 Å². The van der Waals surface area contributed by atoms with E-state index in [9.17, 15) is 26.3 Å². The molecule has 6 nitrogen and oxygen atoms in total. The first-order valence-electron chi connectivity index (χ1n) is 12.5. The van der Waals surface area contributed by atoms with Gasteiger partial charge in [-0.25, -0.2) is 0 Å². The third-order valence-corrected chi connectivity index (χ3v) is 6.71. The number of nitrogens with one attached hydrogen (secondary N) is 1. The molecule has 2 aromatic carbocycles. The highest BCUT2D eigenvalue weighted by Crippen LogP contribution is 2.53. The van der Waals surface area contributed by atoms with E-state index in [1.165, 1.54) is 24.3 Å². The Morgan fingerprint density at radius 3 is 1.26 bits per heavy atom. The van der Waals surface area contributed by atoms with Crippen molar-refractivity contribution in [1.82, 2.24) is 10.2 Å². The highest BCUT2D eigenvalue weighted by Gasteiger charge is 2.65. The summed E-state index contributed by atoms with van der Waals surface area (Å²) in [5.74, 6) is 0. The van der Waals surface area contributed by atoms with Gasteiger partial charge in [-0.05, 0) is 37.3 Å². The Morgan fingerprint density at radius 1 is 0.667 bits per heavy atom. The lowest BCUT2D eigenvalue weighted by atomic mass is 10.0. The van der Waals surface area contributed by atoms with Crippen molar-refractivity contribution in [3.05, 3.63) is 70.8 Å². The first kappa shape index (κ1) is 32.8. The van der Waals surface area contributed by atoms with E-state index >= 15 is 0 Å². The molecule has 0 spiro atoms. The van der Waals surface area contributed by atoms with Crippen molar-refractivity contribution in [2.24, 2.45) is 20.5 Å². The first-order valence-corrected chi connectivity index (χ1v) is 13.7. The molecule has 0 radical (unpaired) electrons. The van der Waals surface area contributed by atoms with Gasteiger partial charge in [0.15, 0.2) is 0 Å². The molecule has 13 heteroatoms. The van der Waals surface area contributed by atoms with Crippen molar-refractivity contribution in [3.8, 4) is 0 Å². The minimum atomic E-state index is -4.45. The molecule has 4 rings (SSSR count). The molecule has 0 saturated heterocycles. The molecule has 216 valence electrons. The fourth-order valence-electron chi connectivity index (χ4n) is 3.51. The summed E-state index contributed by atoms with van der Waals surface area (Å²) >= 11 is 3.22. The zero-order chi connectivity index (χ0) is 29.3. The van der Waals surface area contributed by atoms with Gasteiger partial charge in [-0.1, -0.05) is 92.2 Å². The van der Waals surface area contributed by atoms with Gasteiger partial charge in [0.1, 0.15) is 0 Å². The van der Waals surface area contributed by atoms with Crippen molar-refractivity contribution < 1.29 is 26.3 Å². The van der Waals surface area contributed by atoms with Crippen LogP contribution in [0.25, 0.3) is 0 Å². The second kappa shape index (κ2) is 13.8. The summed E-state index contributed by atoms with van der Waals surface area (Å²) in [6.45, 7) is 13.1. The van der Waals surface area contributed by atoms with Gasteiger partial charge >= 0.3 is 23.7 Å². The van der Waals surface area contributed by atoms with E-state index in [1.807, 2.05) is 0 Å². The van der Waals surface area contributed by atoms with Crippen molar-refractivity contribution in [2.75, 3.05) is 26.2 Å². The van der Waals surface area contributed by atoms with E-state index in [0.717, 1.165) is 43.9 Å². The van der Waals surface area contributed by atoms with Gasteiger partial charge in [0.05, 0.1) is 0 Å². The van der Waals surface area contributed by atoms with E-state index in [2.05, 4.69) is 74.3 Å². The third-order valence-electron chi connectivity index (χ3n) is 6.06. The monoisotopic (exact) mass is 622 g/mol. The second-order valence-electron chi connectivity index (χ2n) is 8.69. The molecule has 1 N–H and O–H groups in total. The predicted octanol–water partition coefficient (Wildman–Crippen LogP) is 8.09. The number of alkyl halides is 7. The summed E-state index contributed by atoms with van der Waals surface area (Å²) in [6.07, 6.45) is -8.89. The Bertz CT molecular complexity index is 1070. The Morgan fingerprint density at radius 2 is 1.03 bits per heavy atom. The molecule has 0 atom stereocenters. The van der Waals surface area contributed by atoms with Crippen LogP contribution >= 0.6 is 15.9 Å². The molecule has 2 aromatic rings. The van der Waals surface area contributed by atoms with E-state index < -0.39 is 23.7 Å². The molecule has 0 aliphatic carbocycles. The zero-order valence-corrected chi connectivity index (χ0v) is 23.8. The number of benzene rings is 2. The van der Waals surface area contributed by atoms with Crippen LogP contribution in [0.5, 0.6) is 0 Å². The normalized spacial score (nSPS) is 16.2. The number of halogens is 7. The molecule has 39 heavy (non-hydrogen) atoms. The minimum absolute atomic E-state index is 0.0692. The number of hydrogen-bond donors (Lipinski definition) is 1. The molecule has 0 saturated carbocycles. The summed E-state index contributed by atoms with van der Waals surface area (Å²) in [7, 11) is 0. The highest BCUT2D eigenvalue weighted by atomic mass is 79.9. The lowest BCUT2D eigenvalue weighted by molar-refractivity contribution is -0.166. The fourth-order valence-corrected chi connectivity index (χ4v) is 3.88. The molecule has 0 fully saturated rings. The first-order chi connectivity index (χ1) is 18.3. The summed E-state index contributed by atoms with van der Waals surface area (Å²) < 4.78 is 76.1. The van der Waals surface area contributed by atoms with Crippen molar-refractivity contribution >= 4 is 15.9 Å². The molecule has 0 aromatic heterocycles. The van der Waals surface area contributed by atoms with Crippen LogP contribution in [0.2, 0.25) is 0 Å². The lowest BCUT2D eigenvalue weighted by Crippen LogP contribution is -2.30. The van der Waals surface area contributed by atoms with Crippen LogP contribution < -0.4 is 5.32 Å². The summed E-state index contributed by atoms with van der Waals surface area (Å²) in [5, 5.41) is 16.3. The molecule has 0 bridgehead atoms. The maximum atomic E-state index is 12.8. The van der Waals surface area contributed by atoms with Gasteiger partial charge in [0, 0.05) is 23.0 Å². The SMILES string of the molecule is CCN(CC)Cc1ccc(C2(C(F)(F)F)N=N2)cc1.CCNCC.FC(F)(F)C1(c2ccc(CBr)cc2)N=N1. The van der Waals surface area contributed by atoms with Gasteiger partial charge in [-0.15, -0.1) is 20.5 Å². The molecule has 0 unspecified atom stereocenters. The zero-order valence-electron chi connectivity index (χ0n) is 22.2. The van der Waals surface area contributed by atoms with Crippen LogP contribution in [-0.2, 0) is 23.2 Å². The van der Waals surface area contributed by atoms with E-state index in [4.69, 9.17) is 0 Å². The Kier molecular flexibility index (Phi) is 11.6. The Hall–Kier alpha value is -2.38. The molecule has 2 aliphatic heterocycles.